The van der Waals surface area contributed by atoms with Crippen LogP contribution in [0.15, 0.2) is 24.3 Å². The molecule has 1 fully saturated rings. The summed E-state index contributed by atoms with van der Waals surface area (Å²) in [5.74, 6) is -0.957. The second kappa shape index (κ2) is 9.06. The van der Waals surface area contributed by atoms with Crippen molar-refractivity contribution in [2.75, 3.05) is 25.0 Å². The Morgan fingerprint density at radius 3 is 2.36 bits per heavy atom. The van der Waals surface area contributed by atoms with Gasteiger partial charge in [-0.3, -0.25) is 9.59 Å². The number of alkyl halides is 3. The molecule has 0 bridgehead atoms. The number of likely N-dealkylation sites (N-methyl/N-ethyl adjacent to an activating group) is 1. The molecule has 0 heterocycles. The predicted molar refractivity (Wildman–Crippen MR) is 96.3 cm³/mol. The van der Waals surface area contributed by atoms with Gasteiger partial charge in [-0.2, -0.15) is 18.4 Å². The number of amides is 2. The van der Waals surface area contributed by atoms with Gasteiger partial charge in [0.25, 0.3) is 11.8 Å². The Hall–Kier alpha value is -2.60. The van der Waals surface area contributed by atoms with Crippen molar-refractivity contribution >= 4 is 17.5 Å². The number of halogens is 3. The number of rotatable bonds is 7. The first-order chi connectivity index (χ1) is 13.2. The molecule has 1 saturated carbocycles. The maximum absolute atomic E-state index is 13.0. The minimum atomic E-state index is -4.58. The zero-order valence-corrected chi connectivity index (χ0v) is 15.7. The third-order valence-corrected chi connectivity index (χ3v) is 4.88. The van der Waals surface area contributed by atoms with Crippen LogP contribution in [0.5, 0.6) is 0 Å². The number of carbonyl (C=O) groups is 2. The van der Waals surface area contributed by atoms with Gasteiger partial charge in [0.2, 0.25) is 0 Å². The highest BCUT2D eigenvalue weighted by Gasteiger charge is 2.36. The minimum Gasteiger partial charge on any atom is -0.333 e. The summed E-state index contributed by atoms with van der Waals surface area (Å²) in [6.45, 7) is 2.01. The van der Waals surface area contributed by atoms with E-state index in [1.54, 1.807) is 6.92 Å². The van der Waals surface area contributed by atoms with Crippen LogP contribution in [0.3, 0.4) is 0 Å². The third kappa shape index (κ3) is 5.70. The van der Waals surface area contributed by atoms with Crippen LogP contribution in [0, 0.1) is 11.3 Å². The molecule has 2 amide bonds. The first kappa shape index (κ1) is 21.7. The van der Waals surface area contributed by atoms with Crippen molar-refractivity contribution in [3.63, 3.8) is 0 Å². The highest BCUT2D eigenvalue weighted by atomic mass is 19.4. The standard InChI is InChI=1S/C19H23F3N4O2/c1-2-26(12-17(28)25-18(13-23)9-5-6-10-18)11-16(27)24-15-8-4-3-7-14(15)19(20,21)22/h3-4,7-8H,2,5-6,9-12H2,1H3,(H,24,27)(H,25,28)/p+1. The first-order valence-electron chi connectivity index (χ1n) is 9.21. The summed E-state index contributed by atoms with van der Waals surface area (Å²) in [4.78, 5) is 25.1. The van der Waals surface area contributed by atoms with Gasteiger partial charge in [0.05, 0.1) is 23.9 Å². The van der Waals surface area contributed by atoms with E-state index in [0.29, 0.717) is 24.3 Å². The minimum absolute atomic E-state index is 0.0335. The summed E-state index contributed by atoms with van der Waals surface area (Å²) in [5, 5.41) is 14.4. The van der Waals surface area contributed by atoms with Crippen molar-refractivity contribution in [2.45, 2.75) is 44.3 Å². The van der Waals surface area contributed by atoms with E-state index in [0.717, 1.165) is 18.9 Å². The second-order valence-corrected chi connectivity index (χ2v) is 7.00. The molecule has 0 spiro atoms. The number of hydrogen-bond donors (Lipinski definition) is 3. The lowest BCUT2D eigenvalue weighted by atomic mass is 10.00. The van der Waals surface area contributed by atoms with E-state index in [9.17, 15) is 28.0 Å². The summed E-state index contributed by atoms with van der Waals surface area (Å²) in [5.41, 5.74) is -2.07. The number of para-hydroxylation sites is 1. The molecule has 1 aliphatic carbocycles. The zero-order chi connectivity index (χ0) is 20.8. The second-order valence-electron chi connectivity index (χ2n) is 7.00. The van der Waals surface area contributed by atoms with E-state index in [2.05, 4.69) is 16.7 Å². The number of hydrogen-bond acceptors (Lipinski definition) is 3. The molecule has 1 atom stereocenters. The highest BCUT2D eigenvalue weighted by Crippen LogP contribution is 2.34. The first-order valence-corrected chi connectivity index (χ1v) is 9.21. The van der Waals surface area contributed by atoms with Gasteiger partial charge in [-0.25, -0.2) is 0 Å². The Morgan fingerprint density at radius 1 is 1.18 bits per heavy atom. The van der Waals surface area contributed by atoms with Crippen LogP contribution in [0.1, 0.15) is 38.2 Å². The summed E-state index contributed by atoms with van der Waals surface area (Å²) < 4.78 is 39.1. The zero-order valence-electron chi connectivity index (χ0n) is 15.7. The largest absolute Gasteiger partial charge is 0.418 e. The molecule has 0 aliphatic heterocycles. The average Bonchev–Trinajstić information content (AvgIpc) is 3.09. The third-order valence-electron chi connectivity index (χ3n) is 4.88. The molecule has 1 aromatic carbocycles. The van der Waals surface area contributed by atoms with Crippen molar-refractivity contribution in [3.05, 3.63) is 29.8 Å². The van der Waals surface area contributed by atoms with Gasteiger partial charge >= 0.3 is 6.18 Å². The fourth-order valence-electron chi connectivity index (χ4n) is 3.35. The molecule has 28 heavy (non-hydrogen) atoms. The molecule has 0 radical (unpaired) electrons. The van der Waals surface area contributed by atoms with Crippen molar-refractivity contribution in [3.8, 4) is 6.07 Å². The van der Waals surface area contributed by atoms with Crippen LogP contribution in [-0.2, 0) is 15.8 Å². The number of quaternary nitrogens is 1. The van der Waals surface area contributed by atoms with Crippen LogP contribution >= 0.6 is 0 Å². The van der Waals surface area contributed by atoms with Crippen LogP contribution in [-0.4, -0.2) is 37.0 Å². The number of anilines is 1. The van der Waals surface area contributed by atoms with Gasteiger partial charge in [-0.05, 0) is 44.7 Å². The molecular weight excluding hydrogens is 373 g/mol. The van der Waals surface area contributed by atoms with Gasteiger partial charge in [0.1, 0.15) is 5.54 Å². The fourth-order valence-corrected chi connectivity index (χ4v) is 3.35. The van der Waals surface area contributed by atoms with E-state index in [1.165, 1.54) is 18.2 Å². The maximum atomic E-state index is 13.0. The highest BCUT2D eigenvalue weighted by molar-refractivity contribution is 5.92. The lowest BCUT2D eigenvalue weighted by Crippen LogP contribution is -3.14. The number of benzene rings is 1. The van der Waals surface area contributed by atoms with Crippen LogP contribution < -0.4 is 15.5 Å². The van der Waals surface area contributed by atoms with Gasteiger partial charge < -0.3 is 15.5 Å². The molecule has 2 rings (SSSR count). The summed E-state index contributed by atoms with van der Waals surface area (Å²) in [7, 11) is 0. The lowest BCUT2D eigenvalue weighted by Gasteiger charge is -2.24. The lowest BCUT2D eigenvalue weighted by molar-refractivity contribution is -0.881. The van der Waals surface area contributed by atoms with Gasteiger partial charge in [-0.1, -0.05) is 12.1 Å². The van der Waals surface area contributed by atoms with Gasteiger partial charge in [0, 0.05) is 0 Å². The Morgan fingerprint density at radius 2 is 1.79 bits per heavy atom. The number of nitriles is 1. The van der Waals surface area contributed by atoms with Crippen molar-refractivity contribution in [1.82, 2.24) is 5.32 Å². The van der Waals surface area contributed by atoms with E-state index in [-0.39, 0.29) is 24.7 Å². The summed E-state index contributed by atoms with van der Waals surface area (Å²) >= 11 is 0. The van der Waals surface area contributed by atoms with E-state index >= 15 is 0 Å². The Kier molecular flexibility index (Phi) is 7.02. The van der Waals surface area contributed by atoms with Crippen molar-refractivity contribution < 1.29 is 27.7 Å². The van der Waals surface area contributed by atoms with Crippen LogP contribution in [0.25, 0.3) is 0 Å². The molecule has 6 nitrogen and oxygen atoms in total. The molecule has 9 heteroatoms. The van der Waals surface area contributed by atoms with E-state index in [4.69, 9.17) is 0 Å². The average molecular weight is 397 g/mol. The topological polar surface area (TPSA) is 86.4 Å². The molecular formula is C19H24F3N4O2+. The fraction of sp³-hybridized carbons (Fsp3) is 0.526. The predicted octanol–water partition coefficient (Wildman–Crippen LogP) is 1.50. The van der Waals surface area contributed by atoms with Crippen LogP contribution in [0.4, 0.5) is 18.9 Å². The maximum Gasteiger partial charge on any atom is 0.418 e. The SMILES string of the molecule is CC[NH+](CC(=O)Nc1ccccc1C(F)(F)F)CC(=O)NC1(C#N)CCCC1. The summed E-state index contributed by atoms with van der Waals surface area (Å²) in [6, 6.07) is 6.91. The molecule has 1 aliphatic rings. The quantitative estimate of drug-likeness (QED) is 0.652. The normalized spacial score (nSPS) is 16.8. The van der Waals surface area contributed by atoms with Crippen LogP contribution in [0.2, 0.25) is 0 Å². The number of nitrogens with zero attached hydrogens (tertiary/aromatic N) is 1. The van der Waals surface area contributed by atoms with Crippen molar-refractivity contribution in [1.29, 1.82) is 5.26 Å². The molecule has 1 unspecified atom stereocenters. The molecule has 0 aromatic heterocycles. The number of nitrogens with one attached hydrogen (secondary N) is 3. The Labute approximate surface area is 161 Å². The van der Waals surface area contributed by atoms with E-state index in [1.807, 2.05) is 0 Å². The number of carbonyl (C=O) groups excluding carboxylic acids is 2. The van der Waals surface area contributed by atoms with Gasteiger partial charge in [-0.15, -0.1) is 0 Å². The summed E-state index contributed by atoms with van der Waals surface area (Å²) in [6.07, 6.45) is -1.62. The van der Waals surface area contributed by atoms with Gasteiger partial charge in [0.15, 0.2) is 13.1 Å². The Bertz CT molecular complexity index is 752. The van der Waals surface area contributed by atoms with E-state index < -0.39 is 23.2 Å². The smallest absolute Gasteiger partial charge is 0.333 e. The Balaban J connectivity index is 1.95. The monoisotopic (exact) mass is 397 g/mol. The molecule has 3 N–H and O–H groups in total. The van der Waals surface area contributed by atoms with Crippen molar-refractivity contribution in [2.24, 2.45) is 0 Å². The molecule has 1 aromatic rings. The molecule has 0 saturated heterocycles. The molecule has 152 valence electrons.